The molecule has 0 amide bonds. The standard InChI is InChI=1S/C16H25N3O2/c20-16(21)11-15-7-3-4-9-18(15)12-13-8-10-19(17-13)14-5-1-2-6-14/h8,10,14-15H,1-7,9,11-12H2,(H,20,21). The van der Waals surface area contributed by atoms with Crippen molar-refractivity contribution in [3.8, 4) is 0 Å². The molecule has 0 radical (unpaired) electrons. The number of aliphatic carboxylic acids is 1. The smallest absolute Gasteiger partial charge is 0.304 e. The van der Waals surface area contributed by atoms with Gasteiger partial charge in [-0.1, -0.05) is 19.3 Å². The monoisotopic (exact) mass is 291 g/mol. The molecule has 3 rings (SSSR count). The third-order valence-electron chi connectivity index (χ3n) is 4.89. The van der Waals surface area contributed by atoms with Crippen LogP contribution in [0.25, 0.3) is 0 Å². The van der Waals surface area contributed by atoms with E-state index in [9.17, 15) is 4.79 Å². The van der Waals surface area contributed by atoms with Gasteiger partial charge < -0.3 is 5.11 Å². The van der Waals surface area contributed by atoms with E-state index in [4.69, 9.17) is 10.2 Å². The van der Waals surface area contributed by atoms with Crippen molar-refractivity contribution in [2.24, 2.45) is 0 Å². The first-order chi connectivity index (χ1) is 10.2. The van der Waals surface area contributed by atoms with E-state index in [1.165, 1.54) is 32.1 Å². The molecular weight excluding hydrogens is 266 g/mol. The lowest BCUT2D eigenvalue weighted by Gasteiger charge is -2.34. The van der Waals surface area contributed by atoms with Crippen LogP contribution in [-0.4, -0.2) is 38.3 Å². The molecule has 5 nitrogen and oxygen atoms in total. The number of rotatable bonds is 5. The maximum Gasteiger partial charge on any atom is 0.304 e. The van der Waals surface area contributed by atoms with Gasteiger partial charge >= 0.3 is 5.97 Å². The van der Waals surface area contributed by atoms with Gasteiger partial charge in [0.1, 0.15) is 0 Å². The molecular formula is C16H25N3O2. The third kappa shape index (κ3) is 3.64. The minimum absolute atomic E-state index is 0.174. The molecule has 2 aliphatic rings. The number of carboxylic acid groups (broad SMARTS) is 1. The Morgan fingerprint density at radius 3 is 2.76 bits per heavy atom. The Bertz CT molecular complexity index is 480. The lowest BCUT2D eigenvalue weighted by Crippen LogP contribution is -2.40. The average Bonchev–Trinajstić information content (AvgIpc) is 3.11. The Morgan fingerprint density at radius 1 is 1.24 bits per heavy atom. The number of piperidine rings is 1. The second-order valence-electron chi connectivity index (χ2n) is 6.44. The lowest BCUT2D eigenvalue weighted by atomic mass is 9.99. The number of hydrogen-bond acceptors (Lipinski definition) is 3. The molecule has 116 valence electrons. The van der Waals surface area contributed by atoms with Crippen LogP contribution in [0.3, 0.4) is 0 Å². The van der Waals surface area contributed by atoms with Crippen molar-refractivity contribution in [2.75, 3.05) is 6.54 Å². The molecule has 0 bridgehead atoms. The Kier molecular flexibility index (Phi) is 4.58. The number of carbonyl (C=O) groups is 1. The quantitative estimate of drug-likeness (QED) is 0.906. The average molecular weight is 291 g/mol. The van der Waals surface area contributed by atoms with Crippen LogP contribution in [-0.2, 0) is 11.3 Å². The second-order valence-corrected chi connectivity index (χ2v) is 6.44. The first kappa shape index (κ1) is 14.6. The number of likely N-dealkylation sites (tertiary alicyclic amines) is 1. The van der Waals surface area contributed by atoms with Crippen molar-refractivity contribution in [3.63, 3.8) is 0 Å². The van der Waals surface area contributed by atoms with Crippen molar-refractivity contribution < 1.29 is 9.90 Å². The summed E-state index contributed by atoms with van der Waals surface area (Å²) in [6.45, 7) is 1.78. The number of nitrogens with zero attached hydrogens (tertiary/aromatic N) is 3. The molecule has 2 fully saturated rings. The Morgan fingerprint density at radius 2 is 2.00 bits per heavy atom. The summed E-state index contributed by atoms with van der Waals surface area (Å²) in [5, 5.41) is 13.8. The minimum Gasteiger partial charge on any atom is -0.481 e. The summed E-state index contributed by atoms with van der Waals surface area (Å²) in [7, 11) is 0. The zero-order chi connectivity index (χ0) is 14.7. The fraction of sp³-hybridized carbons (Fsp3) is 0.750. The zero-order valence-electron chi connectivity index (χ0n) is 12.6. The predicted octanol–water partition coefficient (Wildman–Crippen LogP) is 2.83. The first-order valence-corrected chi connectivity index (χ1v) is 8.22. The molecule has 0 spiro atoms. The van der Waals surface area contributed by atoms with Crippen molar-refractivity contribution in [2.45, 2.75) is 70.0 Å². The molecule has 1 aliphatic heterocycles. The molecule has 1 aromatic rings. The van der Waals surface area contributed by atoms with E-state index in [1.54, 1.807) is 0 Å². The van der Waals surface area contributed by atoms with Gasteiger partial charge in [0.25, 0.3) is 0 Å². The Balaban J connectivity index is 1.62. The molecule has 21 heavy (non-hydrogen) atoms. The van der Waals surface area contributed by atoms with Gasteiger partial charge in [-0.15, -0.1) is 0 Å². The molecule has 1 unspecified atom stereocenters. The molecule has 1 saturated heterocycles. The summed E-state index contributed by atoms with van der Waals surface area (Å²) in [4.78, 5) is 13.3. The maximum atomic E-state index is 11.0. The Hall–Kier alpha value is -1.36. The van der Waals surface area contributed by atoms with Crippen LogP contribution in [0.1, 0.15) is 63.1 Å². The molecule has 2 heterocycles. The summed E-state index contributed by atoms with van der Waals surface area (Å²) in [6, 6.07) is 2.85. The van der Waals surface area contributed by atoms with Crippen LogP contribution < -0.4 is 0 Å². The molecule has 5 heteroatoms. The largest absolute Gasteiger partial charge is 0.481 e. The SMILES string of the molecule is O=C(O)CC1CCCCN1Cc1ccn(C2CCCC2)n1. The number of aromatic nitrogens is 2. The van der Waals surface area contributed by atoms with Crippen molar-refractivity contribution in [1.29, 1.82) is 0 Å². The summed E-state index contributed by atoms with van der Waals surface area (Å²) >= 11 is 0. The van der Waals surface area contributed by atoms with E-state index < -0.39 is 5.97 Å². The van der Waals surface area contributed by atoms with Crippen LogP contribution in [0.15, 0.2) is 12.3 Å². The number of hydrogen-bond donors (Lipinski definition) is 1. The summed E-state index contributed by atoms with van der Waals surface area (Å²) in [5.41, 5.74) is 1.08. The third-order valence-corrected chi connectivity index (χ3v) is 4.89. The van der Waals surface area contributed by atoms with E-state index in [-0.39, 0.29) is 12.5 Å². The van der Waals surface area contributed by atoms with Crippen molar-refractivity contribution in [1.82, 2.24) is 14.7 Å². The predicted molar refractivity (Wildman–Crippen MR) is 80.0 cm³/mol. The lowest BCUT2D eigenvalue weighted by molar-refractivity contribution is -0.138. The fourth-order valence-electron chi connectivity index (χ4n) is 3.74. The van der Waals surface area contributed by atoms with E-state index >= 15 is 0 Å². The minimum atomic E-state index is -0.691. The van der Waals surface area contributed by atoms with Gasteiger partial charge in [0.2, 0.25) is 0 Å². The van der Waals surface area contributed by atoms with Crippen LogP contribution >= 0.6 is 0 Å². The topological polar surface area (TPSA) is 58.4 Å². The normalized spacial score (nSPS) is 24.5. The summed E-state index contributed by atoms with van der Waals surface area (Å²) < 4.78 is 2.12. The highest BCUT2D eigenvalue weighted by Gasteiger charge is 2.25. The molecule has 1 atom stereocenters. The molecule has 1 N–H and O–H groups in total. The van der Waals surface area contributed by atoms with Gasteiger partial charge in [0.05, 0.1) is 18.2 Å². The second kappa shape index (κ2) is 6.60. The number of carboxylic acids is 1. The van der Waals surface area contributed by atoms with E-state index in [0.29, 0.717) is 6.04 Å². The van der Waals surface area contributed by atoms with E-state index in [0.717, 1.165) is 31.6 Å². The molecule has 1 aromatic heterocycles. The highest BCUT2D eigenvalue weighted by Crippen LogP contribution is 2.29. The van der Waals surface area contributed by atoms with Gasteiger partial charge in [0, 0.05) is 18.8 Å². The molecule has 0 aromatic carbocycles. The van der Waals surface area contributed by atoms with Crippen molar-refractivity contribution >= 4 is 5.97 Å². The van der Waals surface area contributed by atoms with E-state index in [1.807, 2.05) is 0 Å². The van der Waals surface area contributed by atoms with Crippen LogP contribution in [0, 0.1) is 0 Å². The van der Waals surface area contributed by atoms with Crippen LogP contribution in [0.4, 0.5) is 0 Å². The maximum absolute atomic E-state index is 11.0. The molecule has 1 aliphatic carbocycles. The molecule has 1 saturated carbocycles. The first-order valence-electron chi connectivity index (χ1n) is 8.22. The Labute approximate surface area is 125 Å². The summed E-state index contributed by atoms with van der Waals surface area (Å²) in [5.74, 6) is -0.691. The summed E-state index contributed by atoms with van der Waals surface area (Å²) in [6.07, 6.45) is 10.8. The zero-order valence-corrected chi connectivity index (χ0v) is 12.6. The fourth-order valence-corrected chi connectivity index (χ4v) is 3.74. The van der Waals surface area contributed by atoms with E-state index in [2.05, 4.69) is 21.8 Å². The van der Waals surface area contributed by atoms with Gasteiger partial charge in [0.15, 0.2) is 0 Å². The van der Waals surface area contributed by atoms with Gasteiger partial charge in [-0.25, -0.2) is 0 Å². The van der Waals surface area contributed by atoms with Gasteiger partial charge in [-0.3, -0.25) is 14.4 Å². The van der Waals surface area contributed by atoms with Crippen LogP contribution in [0.5, 0.6) is 0 Å². The van der Waals surface area contributed by atoms with Gasteiger partial charge in [-0.2, -0.15) is 5.10 Å². The van der Waals surface area contributed by atoms with Crippen LogP contribution in [0.2, 0.25) is 0 Å². The highest BCUT2D eigenvalue weighted by atomic mass is 16.4. The van der Waals surface area contributed by atoms with Gasteiger partial charge in [-0.05, 0) is 38.3 Å². The van der Waals surface area contributed by atoms with Crippen molar-refractivity contribution in [3.05, 3.63) is 18.0 Å². The highest BCUT2D eigenvalue weighted by molar-refractivity contribution is 5.67.